The Morgan fingerprint density at radius 3 is 2.20 bits per heavy atom. The van der Waals surface area contributed by atoms with Gasteiger partial charge in [0.05, 0.1) is 0 Å². The summed E-state index contributed by atoms with van der Waals surface area (Å²) in [6.07, 6.45) is 0. The van der Waals surface area contributed by atoms with E-state index in [1.807, 2.05) is 6.92 Å². The molecular weight excluding hydrogens is 91.1 g/mol. The van der Waals surface area contributed by atoms with Crippen LogP contribution in [0.1, 0.15) is 8.35 Å². The van der Waals surface area contributed by atoms with E-state index in [1.54, 1.807) is 0 Å². The molecule has 0 amide bonds. The zero-order valence-corrected chi connectivity index (χ0v) is 8.12. The fourth-order valence-corrected chi connectivity index (χ4v) is 0. The van der Waals surface area contributed by atoms with E-state index in [4.69, 9.17) is 0 Å². The van der Waals surface area contributed by atoms with E-state index in [1.165, 1.54) is 0 Å². The summed E-state index contributed by atoms with van der Waals surface area (Å²) in [5.41, 5.74) is 0. The minimum atomic E-state index is 0. The minimum absolute atomic E-state index is 0. The molecule has 0 aromatic rings. The van der Waals surface area contributed by atoms with Crippen molar-refractivity contribution in [2.75, 3.05) is 6.61 Å². The molecule has 0 saturated heterocycles. The van der Waals surface area contributed by atoms with Gasteiger partial charge in [-0.25, -0.2) is 0 Å². The summed E-state index contributed by atoms with van der Waals surface area (Å²) in [6.45, 7) is 2.87. The van der Waals surface area contributed by atoms with Gasteiger partial charge in [-0.05, 0) is 6.92 Å². The zero-order chi connectivity index (χ0) is 3.41. The van der Waals surface area contributed by atoms with Crippen LogP contribution in [0.25, 0.3) is 0 Å². The van der Waals surface area contributed by atoms with Crippen molar-refractivity contribution in [3.63, 3.8) is 0 Å². The Hall–Kier alpha value is 1.18. The monoisotopic (exact) mass is 100 g/mol. The van der Waals surface area contributed by atoms with E-state index in [2.05, 4.69) is 4.43 Å². The average molecular weight is 100 g/mol. The smallest absolute Gasteiger partial charge is 1.00 e. The third-order valence-electron chi connectivity index (χ3n) is 0.289. The van der Waals surface area contributed by atoms with Crippen molar-refractivity contribution in [3.05, 3.63) is 0 Å². The molecule has 0 fully saturated rings. The van der Waals surface area contributed by atoms with Gasteiger partial charge in [-0.15, -0.1) is 0 Å². The van der Waals surface area contributed by atoms with Crippen LogP contribution in [0.2, 0.25) is 0 Å². The molecule has 0 saturated carbocycles. The van der Waals surface area contributed by atoms with E-state index in [9.17, 15) is 0 Å². The predicted molar refractivity (Wildman–Crippen MR) is 22.7 cm³/mol. The van der Waals surface area contributed by atoms with Crippen molar-refractivity contribution in [2.45, 2.75) is 6.92 Å². The van der Waals surface area contributed by atoms with Crippen LogP contribution in [-0.4, -0.2) is 17.1 Å². The van der Waals surface area contributed by atoms with Gasteiger partial charge in [-0.1, -0.05) is 0 Å². The first-order valence-electron chi connectivity index (χ1n) is 1.40. The second-order valence-corrected chi connectivity index (χ2v) is 1.15. The van der Waals surface area contributed by atoms with Gasteiger partial charge in [0.15, 0.2) is 0 Å². The molecule has 0 aliphatic heterocycles. The van der Waals surface area contributed by atoms with Gasteiger partial charge in [0.2, 0.25) is 0 Å². The molecule has 1 nitrogen and oxygen atoms in total. The van der Waals surface area contributed by atoms with Gasteiger partial charge in [0, 0.05) is 6.61 Å². The first-order chi connectivity index (χ1) is 1.91. The molecule has 0 atom stereocenters. The topological polar surface area (TPSA) is 9.23 Å². The molecule has 0 aromatic heterocycles. The number of hydrogen-bond acceptors (Lipinski definition) is 1. The molecule has 0 spiro atoms. The molecule has 5 heavy (non-hydrogen) atoms. The second-order valence-electron chi connectivity index (χ2n) is 0.577. The zero-order valence-electron chi connectivity index (χ0n) is 5.12. The van der Waals surface area contributed by atoms with E-state index < -0.39 is 0 Å². The van der Waals surface area contributed by atoms with Crippen LogP contribution in [-0.2, 0) is 4.43 Å². The molecule has 0 radical (unpaired) electrons. The summed E-state index contributed by atoms with van der Waals surface area (Å²) in [5.74, 6) is 0. The molecule has 0 N–H and O–H groups in total. The molecule has 0 rings (SSSR count). The third-order valence-corrected chi connectivity index (χ3v) is 0.866. The third kappa shape index (κ3) is 11.0. The summed E-state index contributed by atoms with van der Waals surface area (Å²) in [6, 6.07) is 0. The van der Waals surface area contributed by atoms with Crippen LogP contribution in [0, 0.1) is 0 Å². The van der Waals surface area contributed by atoms with Crippen molar-refractivity contribution >= 4 is 10.5 Å². The summed E-state index contributed by atoms with van der Waals surface area (Å²) in [4.78, 5) is 0. The molecular formula is C2H9NaOSi. The van der Waals surface area contributed by atoms with E-state index >= 15 is 0 Å². The maximum Gasteiger partial charge on any atom is 1.00 e. The van der Waals surface area contributed by atoms with Gasteiger partial charge in [0.25, 0.3) is 0 Å². The summed E-state index contributed by atoms with van der Waals surface area (Å²) >= 11 is 0. The van der Waals surface area contributed by atoms with Crippen molar-refractivity contribution in [3.8, 4) is 0 Å². The van der Waals surface area contributed by atoms with E-state index in [-0.39, 0.29) is 31.0 Å². The van der Waals surface area contributed by atoms with Crippen molar-refractivity contribution in [2.24, 2.45) is 0 Å². The van der Waals surface area contributed by atoms with Gasteiger partial charge >= 0.3 is 29.6 Å². The largest absolute Gasteiger partial charge is 1.00 e. The molecule has 28 valence electrons. The Kier molecular flexibility index (Phi) is 17.0. The Morgan fingerprint density at radius 1 is 2.00 bits per heavy atom. The van der Waals surface area contributed by atoms with Crippen LogP contribution in [0.5, 0.6) is 0 Å². The summed E-state index contributed by atoms with van der Waals surface area (Å²) in [7, 11) is 0.890. The van der Waals surface area contributed by atoms with Crippen LogP contribution < -0.4 is 29.6 Å². The summed E-state index contributed by atoms with van der Waals surface area (Å²) < 4.78 is 4.68. The van der Waals surface area contributed by atoms with E-state index in [0.717, 1.165) is 17.1 Å². The van der Waals surface area contributed by atoms with Gasteiger partial charge in [-0.2, -0.15) is 0 Å². The number of rotatable bonds is 1. The maximum atomic E-state index is 4.68. The second kappa shape index (κ2) is 8.95. The first-order valence-corrected chi connectivity index (χ1v) is 2.22. The molecule has 0 aliphatic rings. The van der Waals surface area contributed by atoms with Crippen LogP contribution >= 0.6 is 0 Å². The fourth-order valence-electron chi connectivity index (χ4n) is 0. The van der Waals surface area contributed by atoms with E-state index in [0.29, 0.717) is 0 Å². The molecule has 0 bridgehead atoms. The Bertz CT molecular complexity index is 15.5. The molecule has 0 aromatic carbocycles. The Morgan fingerprint density at radius 2 is 2.20 bits per heavy atom. The predicted octanol–water partition coefficient (Wildman–Crippen LogP) is -3.58. The van der Waals surface area contributed by atoms with Gasteiger partial charge in [-0.3, -0.25) is 0 Å². The average Bonchev–Trinajstić information content (AvgIpc) is 1.37. The minimum Gasteiger partial charge on any atom is -1.00 e. The van der Waals surface area contributed by atoms with Crippen LogP contribution in [0.3, 0.4) is 0 Å². The van der Waals surface area contributed by atoms with Gasteiger partial charge < -0.3 is 5.85 Å². The Balaban J connectivity index is -0.0000000450. The standard InChI is InChI=1S/C2H8OSi.Na.H/c1-2-3-4;;/h2H2,1,4H3;;/q;+1;-1. The molecule has 3 heteroatoms. The van der Waals surface area contributed by atoms with Crippen LogP contribution in [0.15, 0.2) is 0 Å². The SMILES string of the molecule is CCO[SiH3].[H-].[Na+]. The molecule has 0 aliphatic carbocycles. The van der Waals surface area contributed by atoms with Crippen LogP contribution in [0.4, 0.5) is 0 Å². The number of hydrogen-bond donors (Lipinski definition) is 0. The van der Waals surface area contributed by atoms with Crippen molar-refractivity contribution in [1.29, 1.82) is 0 Å². The summed E-state index contributed by atoms with van der Waals surface area (Å²) in [5, 5.41) is 0. The van der Waals surface area contributed by atoms with Crippen molar-refractivity contribution in [1.82, 2.24) is 0 Å². The normalized spacial score (nSPS) is 6.60. The molecule has 0 unspecified atom stereocenters. The Labute approximate surface area is 59.4 Å². The van der Waals surface area contributed by atoms with Gasteiger partial charge in [0.1, 0.15) is 10.5 Å². The van der Waals surface area contributed by atoms with Crippen molar-refractivity contribution < 1.29 is 35.4 Å². The maximum absolute atomic E-state index is 4.68. The molecule has 0 heterocycles. The fraction of sp³-hybridized carbons (Fsp3) is 1.00. The first kappa shape index (κ1) is 9.49. The quantitative estimate of drug-likeness (QED) is 0.310.